The molecule has 46 valence electrons. The van der Waals surface area contributed by atoms with Gasteiger partial charge >= 0.3 is 17.4 Å². The van der Waals surface area contributed by atoms with E-state index >= 15 is 0 Å². The van der Waals surface area contributed by atoms with Crippen LogP contribution in [0.15, 0.2) is 0 Å². The monoisotopic (exact) mass is 155 g/mol. The first-order valence-corrected chi connectivity index (χ1v) is 3.00. The standard InChI is InChI=1S/CH3NO4P2/c2-1(5-7-3)6-8-4/h1H,2H2. The zero-order valence-electron chi connectivity index (χ0n) is 3.68. The molecule has 0 aliphatic heterocycles. The Kier molecular flexibility index (Phi) is 5.27. The second-order valence-electron chi connectivity index (χ2n) is 0.728. The van der Waals surface area contributed by atoms with E-state index in [0.29, 0.717) is 0 Å². The highest BCUT2D eigenvalue weighted by molar-refractivity contribution is 7.18. The fourth-order valence-corrected chi connectivity index (χ4v) is 0.428. The summed E-state index contributed by atoms with van der Waals surface area (Å²) >= 11 is 0. The van der Waals surface area contributed by atoms with Gasteiger partial charge in [-0.15, -0.1) is 0 Å². The third-order valence-corrected chi connectivity index (χ3v) is 0.882. The van der Waals surface area contributed by atoms with Crippen molar-refractivity contribution in [1.82, 2.24) is 0 Å². The van der Waals surface area contributed by atoms with E-state index in [1.165, 1.54) is 0 Å². The van der Waals surface area contributed by atoms with Crippen LogP contribution >= 0.6 is 17.4 Å². The summed E-state index contributed by atoms with van der Waals surface area (Å²) in [7, 11) is -1.19. The van der Waals surface area contributed by atoms with E-state index in [2.05, 4.69) is 9.05 Å². The van der Waals surface area contributed by atoms with Gasteiger partial charge in [0, 0.05) is 0 Å². The summed E-state index contributed by atoms with van der Waals surface area (Å²) < 4.78 is 27.1. The molecule has 0 rings (SSSR count). The summed E-state index contributed by atoms with van der Waals surface area (Å²) in [5, 5.41) is 0. The summed E-state index contributed by atoms with van der Waals surface area (Å²) in [5.41, 5.74) is 4.84. The first-order chi connectivity index (χ1) is 3.81. The average molecular weight is 155 g/mol. The molecule has 0 radical (unpaired) electrons. The molecular formula is CH3NO4P2. The first-order valence-electron chi connectivity index (χ1n) is 1.54. The van der Waals surface area contributed by atoms with Gasteiger partial charge in [-0.05, 0) is 0 Å². The van der Waals surface area contributed by atoms with Gasteiger partial charge in [-0.25, -0.2) is 18.2 Å². The highest BCUT2D eigenvalue weighted by Gasteiger charge is 1.99. The molecule has 0 spiro atoms. The number of hydrogen-bond acceptors (Lipinski definition) is 5. The van der Waals surface area contributed by atoms with Crippen molar-refractivity contribution in [3.8, 4) is 0 Å². The molecule has 0 saturated heterocycles. The van der Waals surface area contributed by atoms with Gasteiger partial charge in [-0.3, -0.25) is 5.73 Å². The molecule has 0 unspecified atom stereocenters. The van der Waals surface area contributed by atoms with E-state index in [4.69, 9.17) is 5.73 Å². The summed E-state index contributed by atoms with van der Waals surface area (Å²) in [4.78, 5) is 0. The van der Waals surface area contributed by atoms with Crippen LogP contribution in [0.5, 0.6) is 0 Å². The lowest BCUT2D eigenvalue weighted by Crippen LogP contribution is -2.19. The van der Waals surface area contributed by atoms with E-state index in [9.17, 15) is 9.13 Å². The SMILES string of the molecule is NC(OP=O)OP=O. The van der Waals surface area contributed by atoms with Crippen molar-refractivity contribution >= 4 is 17.4 Å². The molecule has 0 aromatic heterocycles. The van der Waals surface area contributed by atoms with Crippen LogP contribution in [0.3, 0.4) is 0 Å². The Labute approximate surface area is 48.7 Å². The van der Waals surface area contributed by atoms with Crippen LogP contribution in [0.4, 0.5) is 0 Å². The number of rotatable bonds is 4. The van der Waals surface area contributed by atoms with E-state index < -0.39 is 23.8 Å². The molecule has 0 fully saturated rings. The molecule has 0 saturated carbocycles. The Morgan fingerprint density at radius 1 is 1.25 bits per heavy atom. The molecule has 0 amide bonds. The van der Waals surface area contributed by atoms with Gasteiger partial charge in [0.2, 0.25) is 6.41 Å². The molecular weight excluding hydrogens is 152 g/mol. The van der Waals surface area contributed by atoms with Gasteiger partial charge in [0.15, 0.2) is 0 Å². The average Bonchev–Trinajstić information content (AvgIpc) is 1.68. The molecule has 5 nitrogen and oxygen atoms in total. The van der Waals surface area contributed by atoms with Crippen LogP contribution in [0, 0.1) is 0 Å². The minimum Gasteiger partial charge on any atom is -0.281 e. The minimum atomic E-state index is -1.19. The molecule has 0 heterocycles. The highest BCUT2D eigenvalue weighted by atomic mass is 31.1. The molecule has 8 heavy (non-hydrogen) atoms. The van der Waals surface area contributed by atoms with Crippen LogP contribution in [-0.4, -0.2) is 6.41 Å². The predicted octanol–water partition coefficient (Wildman–Crippen LogP) is 0.675. The summed E-state index contributed by atoms with van der Waals surface area (Å²) in [6.07, 6.45) is -1.19. The Balaban J connectivity index is 3.16. The Bertz CT molecular complexity index is 76.1. The molecule has 0 atom stereocenters. The quantitative estimate of drug-likeness (QED) is 0.476. The molecule has 7 heteroatoms. The third-order valence-electron chi connectivity index (χ3n) is 0.294. The van der Waals surface area contributed by atoms with Crippen LogP contribution in [0.2, 0.25) is 0 Å². The van der Waals surface area contributed by atoms with Crippen molar-refractivity contribution in [1.29, 1.82) is 0 Å². The lowest BCUT2D eigenvalue weighted by atomic mass is 11.2. The van der Waals surface area contributed by atoms with Gasteiger partial charge in [-0.2, -0.15) is 0 Å². The second-order valence-corrected chi connectivity index (χ2v) is 1.45. The minimum absolute atomic E-state index is 0.595. The maximum absolute atomic E-state index is 9.50. The smallest absolute Gasteiger partial charge is 0.281 e. The summed E-state index contributed by atoms with van der Waals surface area (Å²) in [5.74, 6) is 0. The van der Waals surface area contributed by atoms with Crippen molar-refractivity contribution in [3.05, 3.63) is 0 Å². The normalized spacial score (nSPS) is 14.6. The highest BCUT2D eigenvalue weighted by Crippen LogP contribution is 2.04. The fraction of sp³-hybridized carbons (Fsp3) is 1.00. The molecule has 0 bridgehead atoms. The van der Waals surface area contributed by atoms with Crippen LogP contribution < -0.4 is 5.73 Å². The summed E-state index contributed by atoms with van der Waals surface area (Å²) in [6.45, 7) is 0. The van der Waals surface area contributed by atoms with Gasteiger partial charge < -0.3 is 0 Å². The lowest BCUT2D eigenvalue weighted by molar-refractivity contribution is 0.0341. The van der Waals surface area contributed by atoms with Crippen molar-refractivity contribution in [2.45, 2.75) is 6.41 Å². The fourth-order valence-electron chi connectivity index (χ4n) is 0.104. The lowest BCUT2D eigenvalue weighted by Gasteiger charge is -1.97. The Morgan fingerprint density at radius 3 is 1.88 bits per heavy atom. The number of hydrogen-bond donors (Lipinski definition) is 1. The molecule has 0 aromatic carbocycles. The Hall–Kier alpha value is 0.0800. The van der Waals surface area contributed by atoms with Crippen LogP contribution in [-0.2, 0) is 18.2 Å². The zero-order chi connectivity index (χ0) is 6.41. The molecule has 2 N–H and O–H groups in total. The van der Waals surface area contributed by atoms with Crippen LogP contribution in [0.1, 0.15) is 0 Å². The van der Waals surface area contributed by atoms with Gasteiger partial charge in [0.25, 0.3) is 0 Å². The first kappa shape index (κ1) is 8.08. The van der Waals surface area contributed by atoms with E-state index in [-0.39, 0.29) is 0 Å². The largest absolute Gasteiger partial charge is 0.331 e. The maximum atomic E-state index is 9.50. The van der Waals surface area contributed by atoms with Crippen molar-refractivity contribution in [3.63, 3.8) is 0 Å². The number of nitrogens with two attached hydrogens (primary N) is 1. The molecule has 0 aliphatic carbocycles. The van der Waals surface area contributed by atoms with Gasteiger partial charge in [0.1, 0.15) is 0 Å². The van der Waals surface area contributed by atoms with E-state index in [1.54, 1.807) is 0 Å². The van der Waals surface area contributed by atoms with Crippen molar-refractivity contribution in [2.24, 2.45) is 5.73 Å². The Morgan fingerprint density at radius 2 is 1.62 bits per heavy atom. The molecule has 0 aromatic rings. The second kappa shape index (κ2) is 5.22. The van der Waals surface area contributed by atoms with Crippen LogP contribution in [0.25, 0.3) is 0 Å². The third kappa shape index (κ3) is 4.24. The van der Waals surface area contributed by atoms with Crippen molar-refractivity contribution in [2.75, 3.05) is 0 Å². The van der Waals surface area contributed by atoms with E-state index in [0.717, 1.165) is 0 Å². The topological polar surface area (TPSA) is 78.6 Å². The van der Waals surface area contributed by atoms with Crippen molar-refractivity contribution < 1.29 is 18.2 Å². The molecule has 0 aliphatic rings. The predicted molar refractivity (Wildman–Crippen MR) is 25.4 cm³/mol. The maximum Gasteiger partial charge on any atom is 0.331 e. The van der Waals surface area contributed by atoms with Gasteiger partial charge in [-0.1, -0.05) is 0 Å². The van der Waals surface area contributed by atoms with E-state index in [1.807, 2.05) is 0 Å². The summed E-state index contributed by atoms with van der Waals surface area (Å²) in [6, 6.07) is 0. The van der Waals surface area contributed by atoms with Gasteiger partial charge in [0.05, 0.1) is 0 Å². The zero-order valence-corrected chi connectivity index (χ0v) is 5.47.